The standard InChI is InChI=1S/C20H17N5O/c1-4-26-20-17(12-22)18(15-8-6-5-7-9-15)16(11-21)19(23-20)25-14(3)10-13(2)24-25/h5-10H,4H2,1-3H3. The van der Waals surface area contributed by atoms with Crippen LogP contribution in [0.5, 0.6) is 5.88 Å². The zero-order valence-electron chi connectivity index (χ0n) is 14.8. The van der Waals surface area contributed by atoms with Gasteiger partial charge in [0, 0.05) is 11.3 Å². The summed E-state index contributed by atoms with van der Waals surface area (Å²) in [4.78, 5) is 4.47. The van der Waals surface area contributed by atoms with Crippen LogP contribution in [0.2, 0.25) is 0 Å². The molecule has 0 aliphatic rings. The predicted molar refractivity (Wildman–Crippen MR) is 96.9 cm³/mol. The molecule has 0 unspecified atom stereocenters. The van der Waals surface area contributed by atoms with Crippen LogP contribution in [-0.2, 0) is 0 Å². The zero-order chi connectivity index (χ0) is 18.7. The van der Waals surface area contributed by atoms with Gasteiger partial charge in [-0.3, -0.25) is 0 Å². The third-order valence-corrected chi connectivity index (χ3v) is 3.92. The van der Waals surface area contributed by atoms with Crippen molar-refractivity contribution in [3.63, 3.8) is 0 Å². The number of hydrogen-bond acceptors (Lipinski definition) is 5. The highest BCUT2D eigenvalue weighted by Gasteiger charge is 2.24. The summed E-state index contributed by atoms with van der Waals surface area (Å²) in [6.45, 7) is 5.95. The van der Waals surface area contributed by atoms with Crippen LogP contribution in [0.1, 0.15) is 29.4 Å². The smallest absolute Gasteiger partial charge is 0.234 e. The number of nitriles is 2. The van der Waals surface area contributed by atoms with E-state index in [1.807, 2.05) is 57.2 Å². The maximum absolute atomic E-state index is 9.88. The Hall–Kier alpha value is -3.64. The topological polar surface area (TPSA) is 87.5 Å². The van der Waals surface area contributed by atoms with Crippen LogP contribution in [0.4, 0.5) is 0 Å². The second-order valence-corrected chi connectivity index (χ2v) is 5.73. The third-order valence-electron chi connectivity index (χ3n) is 3.92. The van der Waals surface area contributed by atoms with Gasteiger partial charge in [0.05, 0.1) is 12.3 Å². The fourth-order valence-corrected chi connectivity index (χ4v) is 2.89. The number of benzene rings is 1. The van der Waals surface area contributed by atoms with Crippen LogP contribution < -0.4 is 4.74 Å². The SMILES string of the molecule is CCOc1nc(-n2nc(C)cc2C)c(C#N)c(-c2ccccc2)c1C#N. The molecule has 26 heavy (non-hydrogen) atoms. The number of rotatable bonds is 4. The van der Waals surface area contributed by atoms with Gasteiger partial charge in [0.1, 0.15) is 23.3 Å². The molecule has 0 spiro atoms. The van der Waals surface area contributed by atoms with Gasteiger partial charge in [-0.1, -0.05) is 30.3 Å². The first-order chi connectivity index (χ1) is 12.6. The predicted octanol–water partition coefficient (Wildman–Crippen LogP) is 3.69. The first kappa shape index (κ1) is 17.2. The molecular weight excluding hydrogens is 326 g/mol. The van der Waals surface area contributed by atoms with Crippen LogP contribution in [0, 0.1) is 36.5 Å². The van der Waals surface area contributed by atoms with Crippen molar-refractivity contribution in [2.45, 2.75) is 20.8 Å². The molecule has 3 aromatic rings. The van der Waals surface area contributed by atoms with Crippen LogP contribution >= 0.6 is 0 Å². The Labute approximate surface area is 151 Å². The fraction of sp³-hybridized carbons (Fsp3) is 0.200. The van der Waals surface area contributed by atoms with Crippen molar-refractivity contribution in [2.24, 2.45) is 0 Å². The number of aromatic nitrogens is 3. The zero-order valence-corrected chi connectivity index (χ0v) is 14.8. The summed E-state index contributed by atoms with van der Waals surface area (Å²) < 4.78 is 7.23. The molecule has 2 heterocycles. The van der Waals surface area contributed by atoms with E-state index in [9.17, 15) is 10.5 Å². The summed E-state index contributed by atoms with van der Waals surface area (Å²) in [6, 6.07) is 15.6. The largest absolute Gasteiger partial charge is 0.477 e. The molecule has 0 saturated heterocycles. The molecular formula is C20H17N5O. The third kappa shape index (κ3) is 2.89. The lowest BCUT2D eigenvalue weighted by atomic mass is 9.96. The van der Waals surface area contributed by atoms with Gasteiger partial charge >= 0.3 is 0 Å². The Balaban J connectivity index is 2.44. The minimum absolute atomic E-state index is 0.204. The Morgan fingerprint density at radius 1 is 1.08 bits per heavy atom. The normalized spacial score (nSPS) is 10.2. The van der Waals surface area contributed by atoms with E-state index in [1.54, 1.807) is 4.68 Å². The van der Waals surface area contributed by atoms with Gasteiger partial charge in [-0.05, 0) is 32.4 Å². The summed E-state index contributed by atoms with van der Waals surface area (Å²) in [5.74, 6) is 0.565. The van der Waals surface area contributed by atoms with Crippen LogP contribution in [0.25, 0.3) is 16.9 Å². The second kappa shape index (κ2) is 7.08. The number of aryl methyl sites for hydroxylation is 2. The van der Waals surface area contributed by atoms with Crippen LogP contribution in [0.15, 0.2) is 36.4 Å². The molecule has 6 heteroatoms. The highest BCUT2D eigenvalue weighted by atomic mass is 16.5. The number of pyridine rings is 1. The van der Waals surface area contributed by atoms with Crippen molar-refractivity contribution in [1.82, 2.24) is 14.8 Å². The van der Waals surface area contributed by atoms with Crippen molar-refractivity contribution in [2.75, 3.05) is 6.61 Å². The quantitative estimate of drug-likeness (QED) is 0.721. The van der Waals surface area contributed by atoms with Crippen LogP contribution in [0.3, 0.4) is 0 Å². The lowest BCUT2D eigenvalue weighted by molar-refractivity contribution is 0.325. The Kier molecular flexibility index (Phi) is 4.68. The van der Waals surface area contributed by atoms with E-state index < -0.39 is 0 Å². The van der Waals surface area contributed by atoms with E-state index in [-0.39, 0.29) is 11.4 Å². The maximum Gasteiger partial charge on any atom is 0.234 e. The number of nitrogens with zero attached hydrogens (tertiary/aromatic N) is 5. The summed E-state index contributed by atoms with van der Waals surface area (Å²) in [7, 11) is 0. The molecule has 0 amide bonds. The van der Waals surface area contributed by atoms with Crippen molar-refractivity contribution < 1.29 is 4.74 Å². The van der Waals surface area contributed by atoms with Gasteiger partial charge in [-0.15, -0.1) is 0 Å². The highest BCUT2D eigenvalue weighted by Crippen LogP contribution is 2.35. The molecule has 0 aliphatic heterocycles. The molecule has 0 N–H and O–H groups in total. The summed E-state index contributed by atoms with van der Waals surface area (Å²) >= 11 is 0. The number of ether oxygens (including phenoxy) is 1. The molecule has 6 nitrogen and oxygen atoms in total. The van der Waals surface area contributed by atoms with E-state index in [1.165, 1.54) is 0 Å². The first-order valence-corrected chi connectivity index (χ1v) is 8.20. The minimum Gasteiger partial charge on any atom is -0.477 e. The van der Waals surface area contributed by atoms with Crippen molar-refractivity contribution in [1.29, 1.82) is 10.5 Å². The van der Waals surface area contributed by atoms with Crippen LogP contribution in [-0.4, -0.2) is 21.4 Å². The lowest BCUT2D eigenvalue weighted by Gasteiger charge is -2.15. The highest BCUT2D eigenvalue weighted by molar-refractivity contribution is 5.81. The van der Waals surface area contributed by atoms with E-state index in [0.717, 1.165) is 17.0 Å². The summed E-state index contributed by atoms with van der Waals surface area (Å²) in [6.07, 6.45) is 0. The van der Waals surface area contributed by atoms with Gasteiger partial charge < -0.3 is 4.74 Å². The molecule has 3 rings (SSSR count). The van der Waals surface area contributed by atoms with Crippen molar-refractivity contribution in [3.05, 3.63) is 58.9 Å². The molecule has 0 aliphatic carbocycles. The fourth-order valence-electron chi connectivity index (χ4n) is 2.89. The molecule has 2 aromatic heterocycles. The Bertz CT molecular complexity index is 1040. The van der Waals surface area contributed by atoms with Gasteiger partial charge in [0.2, 0.25) is 5.88 Å². The maximum atomic E-state index is 9.88. The average Bonchev–Trinajstić information content (AvgIpc) is 2.99. The molecule has 0 bridgehead atoms. The number of hydrogen-bond donors (Lipinski definition) is 0. The first-order valence-electron chi connectivity index (χ1n) is 8.20. The summed E-state index contributed by atoms with van der Waals surface area (Å²) in [5, 5.41) is 24.0. The van der Waals surface area contributed by atoms with Gasteiger partial charge in [-0.25, -0.2) is 4.68 Å². The summed E-state index contributed by atoms with van der Waals surface area (Å²) in [5.41, 5.74) is 3.47. The second-order valence-electron chi connectivity index (χ2n) is 5.73. The Morgan fingerprint density at radius 3 is 2.31 bits per heavy atom. The molecule has 0 radical (unpaired) electrons. The van der Waals surface area contributed by atoms with Crippen molar-refractivity contribution in [3.8, 4) is 35.0 Å². The minimum atomic E-state index is 0.204. The molecule has 0 fully saturated rings. The van der Waals surface area contributed by atoms with Gasteiger partial charge in [0.25, 0.3) is 0 Å². The molecule has 0 atom stereocenters. The van der Waals surface area contributed by atoms with E-state index in [2.05, 4.69) is 22.2 Å². The lowest BCUT2D eigenvalue weighted by Crippen LogP contribution is -2.10. The van der Waals surface area contributed by atoms with E-state index >= 15 is 0 Å². The molecule has 1 aromatic carbocycles. The van der Waals surface area contributed by atoms with Gasteiger partial charge in [-0.2, -0.15) is 20.6 Å². The average molecular weight is 343 g/mol. The van der Waals surface area contributed by atoms with Crippen molar-refractivity contribution >= 4 is 0 Å². The van der Waals surface area contributed by atoms with E-state index in [0.29, 0.717) is 23.6 Å². The monoisotopic (exact) mass is 343 g/mol. The van der Waals surface area contributed by atoms with E-state index in [4.69, 9.17) is 4.74 Å². The Morgan fingerprint density at radius 2 is 1.77 bits per heavy atom. The molecule has 128 valence electrons. The molecule has 0 saturated carbocycles. The van der Waals surface area contributed by atoms with Gasteiger partial charge in [0.15, 0.2) is 5.82 Å².